The minimum absolute atomic E-state index is 0.289. The van der Waals surface area contributed by atoms with Crippen molar-refractivity contribution in [1.82, 2.24) is 0 Å². The van der Waals surface area contributed by atoms with E-state index >= 15 is 0 Å². The number of hydrogen-bond donors (Lipinski definition) is 1. The number of anilines is 1. The summed E-state index contributed by atoms with van der Waals surface area (Å²) in [5.41, 5.74) is 1.50. The Morgan fingerprint density at radius 1 is 1.22 bits per heavy atom. The molecule has 0 amide bonds. The van der Waals surface area contributed by atoms with Gasteiger partial charge >= 0.3 is 0 Å². The molecule has 0 atom stereocenters. The first-order valence-corrected chi connectivity index (χ1v) is 6.31. The quantitative estimate of drug-likeness (QED) is 0.913. The van der Waals surface area contributed by atoms with Crippen LogP contribution in [0, 0.1) is 5.82 Å². The molecule has 18 heavy (non-hydrogen) atoms. The van der Waals surface area contributed by atoms with Gasteiger partial charge in [0.15, 0.2) is 0 Å². The van der Waals surface area contributed by atoms with Crippen LogP contribution in [0.25, 0.3) is 0 Å². The summed E-state index contributed by atoms with van der Waals surface area (Å²) < 4.78 is 19.6. The van der Waals surface area contributed by atoms with Crippen LogP contribution in [0.1, 0.15) is 5.56 Å². The maximum Gasteiger partial charge on any atom is 0.146 e. The largest absolute Gasteiger partial charge is 0.497 e. The van der Waals surface area contributed by atoms with Crippen molar-refractivity contribution < 1.29 is 9.13 Å². The van der Waals surface area contributed by atoms with Crippen LogP contribution in [0.3, 0.4) is 0 Å². The third-order valence-corrected chi connectivity index (χ3v) is 3.37. The first-order chi connectivity index (χ1) is 8.70. The zero-order valence-electron chi connectivity index (χ0n) is 9.91. The van der Waals surface area contributed by atoms with E-state index in [1.54, 1.807) is 19.2 Å². The van der Waals surface area contributed by atoms with E-state index in [4.69, 9.17) is 4.74 Å². The molecule has 0 aromatic heterocycles. The predicted molar refractivity (Wildman–Crippen MR) is 74.4 cm³/mol. The highest BCUT2D eigenvalue weighted by molar-refractivity contribution is 9.10. The number of hydrogen-bond acceptors (Lipinski definition) is 2. The van der Waals surface area contributed by atoms with E-state index in [0.29, 0.717) is 18.0 Å². The van der Waals surface area contributed by atoms with E-state index in [-0.39, 0.29) is 5.82 Å². The summed E-state index contributed by atoms with van der Waals surface area (Å²) in [5, 5.41) is 3.06. The normalized spacial score (nSPS) is 10.2. The molecule has 0 aliphatic rings. The lowest BCUT2D eigenvalue weighted by molar-refractivity contribution is 0.414. The summed E-state index contributed by atoms with van der Waals surface area (Å²) in [6.07, 6.45) is 0. The summed E-state index contributed by atoms with van der Waals surface area (Å²) in [5.74, 6) is 0.342. The highest BCUT2D eigenvalue weighted by atomic mass is 79.9. The second kappa shape index (κ2) is 5.87. The number of ether oxygens (including phenoxy) is 1. The smallest absolute Gasteiger partial charge is 0.146 e. The molecule has 0 saturated carbocycles. The molecule has 0 radical (unpaired) electrons. The standard InChI is InChI=1S/C14H13BrFNO/c1-18-11-6-7-13(16)14(8-11)17-9-10-4-2-3-5-12(10)15/h2-8,17H,9H2,1H3. The van der Waals surface area contributed by atoms with Crippen LogP contribution in [0.15, 0.2) is 46.9 Å². The average molecular weight is 310 g/mol. The van der Waals surface area contributed by atoms with Crippen LogP contribution in [-0.2, 0) is 6.54 Å². The van der Waals surface area contributed by atoms with Crippen molar-refractivity contribution in [3.05, 3.63) is 58.3 Å². The third kappa shape index (κ3) is 3.01. The summed E-state index contributed by atoms with van der Waals surface area (Å²) in [6.45, 7) is 0.547. The van der Waals surface area contributed by atoms with Crippen molar-refractivity contribution in [3.8, 4) is 5.75 Å². The fraction of sp³-hybridized carbons (Fsp3) is 0.143. The van der Waals surface area contributed by atoms with Gasteiger partial charge in [-0.3, -0.25) is 0 Å². The molecule has 0 bridgehead atoms. The Balaban J connectivity index is 2.13. The molecular weight excluding hydrogens is 297 g/mol. The molecule has 0 fully saturated rings. The first-order valence-electron chi connectivity index (χ1n) is 5.51. The van der Waals surface area contributed by atoms with Gasteiger partial charge in [0.25, 0.3) is 0 Å². The van der Waals surface area contributed by atoms with Gasteiger partial charge in [0.2, 0.25) is 0 Å². The number of benzene rings is 2. The zero-order chi connectivity index (χ0) is 13.0. The van der Waals surface area contributed by atoms with E-state index in [1.807, 2.05) is 24.3 Å². The summed E-state index contributed by atoms with van der Waals surface area (Å²) in [7, 11) is 1.56. The monoisotopic (exact) mass is 309 g/mol. The van der Waals surface area contributed by atoms with E-state index in [1.165, 1.54) is 6.07 Å². The van der Waals surface area contributed by atoms with Crippen molar-refractivity contribution >= 4 is 21.6 Å². The number of methoxy groups -OCH3 is 1. The maximum atomic E-state index is 13.6. The van der Waals surface area contributed by atoms with Crippen molar-refractivity contribution in [2.24, 2.45) is 0 Å². The van der Waals surface area contributed by atoms with Gasteiger partial charge in [0, 0.05) is 17.1 Å². The van der Waals surface area contributed by atoms with Crippen LogP contribution < -0.4 is 10.1 Å². The van der Waals surface area contributed by atoms with E-state index in [0.717, 1.165) is 10.0 Å². The minimum atomic E-state index is -0.289. The highest BCUT2D eigenvalue weighted by Crippen LogP contribution is 2.23. The Morgan fingerprint density at radius 3 is 2.72 bits per heavy atom. The lowest BCUT2D eigenvalue weighted by Crippen LogP contribution is -2.02. The second-order valence-corrected chi connectivity index (χ2v) is 4.65. The molecule has 0 saturated heterocycles. The topological polar surface area (TPSA) is 21.3 Å². The van der Waals surface area contributed by atoms with Crippen LogP contribution in [0.4, 0.5) is 10.1 Å². The lowest BCUT2D eigenvalue weighted by atomic mass is 10.2. The molecular formula is C14H13BrFNO. The Morgan fingerprint density at radius 2 is 2.00 bits per heavy atom. The van der Waals surface area contributed by atoms with Gasteiger partial charge in [0.05, 0.1) is 12.8 Å². The van der Waals surface area contributed by atoms with Gasteiger partial charge in [-0.1, -0.05) is 34.1 Å². The second-order valence-electron chi connectivity index (χ2n) is 3.79. The molecule has 0 aliphatic carbocycles. The van der Waals surface area contributed by atoms with Crippen LogP contribution >= 0.6 is 15.9 Å². The Labute approximate surface area is 114 Å². The van der Waals surface area contributed by atoms with Crippen molar-refractivity contribution in [2.45, 2.75) is 6.54 Å². The Kier molecular flexibility index (Phi) is 4.20. The summed E-state index contributed by atoms with van der Waals surface area (Å²) in [4.78, 5) is 0. The SMILES string of the molecule is COc1ccc(F)c(NCc2ccccc2Br)c1. The van der Waals surface area contributed by atoms with Crippen molar-refractivity contribution in [2.75, 3.05) is 12.4 Å². The minimum Gasteiger partial charge on any atom is -0.497 e. The molecule has 2 nitrogen and oxygen atoms in total. The molecule has 0 heterocycles. The van der Waals surface area contributed by atoms with Crippen molar-refractivity contribution in [3.63, 3.8) is 0 Å². The predicted octanol–water partition coefficient (Wildman–Crippen LogP) is 4.21. The number of halogens is 2. The molecule has 0 spiro atoms. The molecule has 0 aliphatic heterocycles. The fourth-order valence-corrected chi connectivity index (χ4v) is 2.02. The average Bonchev–Trinajstić information content (AvgIpc) is 2.39. The van der Waals surface area contributed by atoms with Gasteiger partial charge in [-0.25, -0.2) is 4.39 Å². The Bertz CT molecular complexity index is 545. The molecule has 2 aromatic rings. The van der Waals surface area contributed by atoms with E-state index in [9.17, 15) is 4.39 Å². The Hall–Kier alpha value is -1.55. The summed E-state index contributed by atoms with van der Waals surface area (Å²) in [6, 6.07) is 12.5. The molecule has 2 rings (SSSR count). The maximum absolute atomic E-state index is 13.6. The molecule has 2 aromatic carbocycles. The third-order valence-electron chi connectivity index (χ3n) is 2.60. The van der Waals surface area contributed by atoms with Gasteiger partial charge in [-0.2, -0.15) is 0 Å². The molecule has 1 N–H and O–H groups in total. The number of nitrogens with one attached hydrogen (secondary N) is 1. The van der Waals surface area contributed by atoms with Crippen LogP contribution in [0.2, 0.25) is 0 Å². The molecule has 0 unspecified atom stereocenters. The van der Waals surface area contributed by atoms with E-state index < -0.39 is 0 Å². The van der Waals surface area contributed by atoms with Crippen molar-refractivity contribution in [1.29, 1.82) is 0 Å². The first kappa shape index (κ1) is 12.9. The van der Waals surface area contributed by atoms with Gasteiger partial charge in [-0.15, -0.1) is 0 Å². The number of rotatable bonds is 4. The fourth-order valence-electron chi connectivity index (χ4n) is 1.60. The zero-order valence-corrected chi connectivity index (χ0v) is 11.5. The van der Waals surface area contributed by atoms with Crippen LogP contribution in [0.5, 0.6) is 5.75 Å². The van der Waals surface area contributed by atoms with Gasteiger partial charge in [-0.05, 0) is 23.8 Å². The highest BCUT2D eigenvalue weighted by Gasteiger charge is 2.04. The van der Waals surface area contributed by atoms with Crippen LogP contribution in [-0.4, -0.2) is 7.11 Å². The molecule has 94 valence electrons. The van der Waals surface area contributed by atoms with E-state index in [2.05, 4.69) is 21.2 Å². The van der Waals surface area contributed by atoms with Gasteiger partial charge < -0.3 is 10.1 Å². The summed E-state index contributed by atoms with van der Waals surface area (Å²) >= 11 is 3.46. The lowest BCUT2D eigenvalue weighted by Gasteiger charge is -2.10. The van der Waals surface area contributed by atoms with Gasteiger partial charge in [0.1, 0.15) is 11.6 Å². The molecule has 4 heteroatoms.